The number of hydrogen-bond donors (Lipinski definition) is 1. The van der Waals surface area contributed by atoms with Crippen LogP contribution in [-0.4, -0.2) is 28.8 Å². The lowest BCUT2D eigenvalue weighted by Gasteiger charge is -2.09. The Morgan fingerprint density at radius 2 is 1.75 bits per heavy atom. The van der Waals surface area contributed by atoms with Gasteiger partial charge in [-0.1, -0.05) is 42.5 Å². The van der Waals surface area contributed by atoms with Gasteiger partial charge in [0.25, 0.3) is 0 Å². The van der Waals surface area contributed by atoms with Crippen LogP contribution in [0.2, 0.25) is 0 Å². The summed E-state index contributed by atoms with van der Waals surface area (Å²) in [5.41, 5.74) is 3.99. The van der Waals surface area contributed by atoms with Crippen LogP contribution in [-0.2, 0) is 22.5 Å². The molecule has 144 valence electrons. The van der Waals surface area contributed by atoms with Crippen LogP contribution in [0.15, 0.2) is 60.7 Å². The highest BCUT2D eigenvalue weighted by Crippen LogP contribution is 2.15. The van der Waals surface area contributed by atoms with Crippen molar-refractivity contribution in [3.05, 3.63) is 83.2 Å². The molecule has 0 aliphatic carbocycles. The van der Waals surface area contributed by atoms with Gasteiger partial charge in [-0.05, 0) is 42.7 Å². The van der Waals surface area contributed by atoms with Crippen molar-refractivity contribution in [3.63, 3.8) is 0 Å². The SMILES string of the molecule is COC(=O)c1cc(C)nn1-c1ccc(CNC(=O)CCc2ccccc2)cc1. The molecule has 1 heterocycles. The maximum absolute atomic E-state index is 12.1. The number of ether oxygens (including phenoxy) is 1. The quantitative estimate of drug-likeness (QED) is 0.642. The molecule has 3 rings (SSSR count). The van der Waals surface area contributed by atoms with Crippen molar-refractivity contribution in [2.24, 2.45) is 0 Å². The van der Waals surface area contributed by atoms with Gasteiger partial charge in [0.15, 0.2) is 5.69 Å². The van der Waals surface area contributed by atoms with Crippen molar-refractivity contribution in [1.82, 2.24) is 15.1 Å². The van der Waals surface area contributed by atoms with Crippen molar-refractivity contribution in [2.45, 2.75) is 26.3 Å². The third-order valence-corrected chi connectivity index (χ3v) is 4.38. The molecule has 0 spiro atoms. The summed E-state index contributed by atoms with van der Waals surface area (Å²) in [4.78, 5) is 24.0. The first kappa shape index (κ1) is 19.4. The molecule has 6 heteroatoms. The first-order valence-electron chi connectivity index (χ1n) is 9.12. The summed E-state index contributed by atoms with van der Waals surface area (Å²) in [5, 5.41) is 7.29. The summed E-state index contributed by atoms with van der Waals surface area (Å²) in [6.45, 7) is 2.28. The molecule has 0 fully saturated rings. The minimum atomic E-state index is -0.435. The van der Waals surface area contributed by atoms with Crippen LogP contribution in [0.5, 0.6) is 0 Å². The molecule has 0 unspecified atom stereocenters. The highest BCUT2D eigenvalue weighted by Gasteiger charge is 2.15. The van der Waals surface area contributed by atoms with Crippen LogP contribution < -0.4 is 5.32 Å². The number of methoxy groups -OCH3 is 1. The van der Waals surface area contributed by atoms with Gasteiger partial charge in [0.2, 0.25) is 5.91 Å². The van der Waals surface area contributed by atoms with Crippen LogP contribution in [0.3, 0.4) is 0 Å². The van der Waals surface area contributed by atoms with E-state index in [0.29, 0.717) is 18.7 Å². The Kier molecular flexibility index (Phi) is 6.22. The number of esters is 1. The van der Waals surface area contributed by atoms with Crippen molar-refractivity contribution in [3.8, 4) is 5.69 Å². The van der Waals surface area contributed by atoms with Gasteiger partial charge in [-0.15, -0.1) is 0 Å². The van der Waals surface area contributed by atoms with E-state index in [4.69, 9.17) is 4.74 Å². The Labute approximate surface area is 164 Å². The van der Waals surface area contributed by atoms with Crippen LogP contribution in [0.1, 0.15) is 33.7 Å². The third kappa shape index (κ3) is 4.85. The van der Waals surface area contributed by atoms with Gasteiger partial charge in [0, 0.05) is 13.0 Å². The smallest absolute Gasteiger partial charge is 0.356 e. The number of nitrogens with zero attached hydrogens (tertiary/aromatic N) is 2. The fourth-order valence-electron chi connectivity index (χ4n) is 2.89. The van der Waals surface area contributed by atoms with E-state index in [0.717, 1.165) is 28.9 Å². The molecule has 0 aliphatic heterocycles. The molecular weight excluding hydrogens is 354 g/mol. The predicted molar refractivity (Wildman–Crippen MR) is 106 cm³/mol. The topological polar surface area (TPSA) is 73.2 Å². The molecular formula is C22H23N3O3. The molecule has 2 aromatic carbocycles. The van der Waals surface area contributed by atoms with Crippen LogP contribution >= 0.6 is 0 Å². The first-order chi connectivity index (χ1) is 13.6. The van der Waals surface area contributed by atoms with Crippen molar-refractivity contribution in [1.29, 1.82) is 0 Å². The first-order valence-corrected chi connectivity index (χ1v) is 9.12. The fraction of sp³-hybridized carbons (Fsp3) is 0.227. The fourth-order valence-corrected chi connectivity index (χ4v) is 2.89. The van der Waals surface area contributed by atoms with Gasteiger partial charge in [0.1, 0.15) is 0 Å². The number of rotatable bonds is 7. The highest BCUT2D eigenvalue weighted by molar-refractivity contribution is 5.88. The Hall–Kier alpha value is -3.41. The lowest BCUT2D eigenvalue weighted by Crippen LogP contribution is -2.23. The third-order valence-electron chi connectivity index (χ3n) is 4.38. The van der Waals surface area contributed by atoms with Gasteiger partial charge in [-0.2, -0.15) is 5.10 Å². The van der Waals surface area contributed by atoms with Gasteiger partial charge in [0.05, 0.1) is 18.5 Å². The van der Waals surface area contributed by atoms with E-state index in [1.165, 1.54) is 7.11 Å². The summed E-state index contributed by atoms with van der Waals surface area (Å²) in [7, 11) is 1.35. The lowest BCUT2D eigenvalue weighted by molar-refractivity contribution is -0.121. The number of carbonyl (C=O) groups is 2. The van der Waals surface area contributed by atoms with E-state index in [1.54, 1.807) is 10.7 Å². The van der Waals surface area contributed by atoms with Gasteiger partial charge in [-0.3, -0.25) is 4.79 Å². The van der Waals surface area contributed by atoms with Crippen molar-refractivity contribution >= 4 is 11.9 Å². The largest absolute Gasteiger partial charge is 0.464 e. The summed E-state index contributed by atoms with van der Waals surface area (Å²) in [6.07, 6.45) is 1.18. The monoisotopic (exact) mass is 377 g/mol. The van der Waals surface area contributed by atoms with Crippen molar-refractivity contribution in [2.75, 3.05) is 7.11 Å². The summed E-state index contributed by atoms with van der Waals surface area (Å²) < 4.78 is 6.37. The zero-order chi connectivity index (χ0) is 19.9. The number of aromatic nitrogens is 2. The number of hydrogen-bond acceptors (Lipinski definition) is 4. The van der Waals surface area contributed by atoms with E-state index in [-0.39, 0.29) is 5.91 Å². The number of aryl methyl sites for hydroxylation is 2. The second-order valence-electron chi connectivity index (χ2n) is 6.50. The number of benzene rings is 2. The van der Waals surface area contributed by atoms with E-state index in [1.807, 2.05) is 61.5 Å². The Balaban J connectivity index is 1.58. The van der Waals surface area contributed by atoms with E-state index in [9.17, 15) is 9.59 Å². The average Bonchev–Trinajstić information content (AvgIpc) is 3.13. The summed E-state index contributed by atoms with van der Waals surface area (Å²) in [5.74, 6) is -0.418. The molecule has 0 atom stereocenters. The second kappa shape index (κ2) is 8.99. The molecule has 1 amide bonds. The molecule has 3 aromatic rings. The maximum Gasteiger partial charge on any atom is 0.356 e. The molecule has 0 bridgehead atoms. The molecule has 0 saturated carbocycles. The van der Waals surface area contributed by atoms with Gasteiger partial charge < -0.3 is 10.1 Å². The lowest BCUT2D eigenvalue weighted by atomic mass is 10.1. The van der Waals surface area contributed by atoms with Crippen LogP contribution in [0.25, 0.3) is 5.69 Å². The number of nitrogens with one attached hydrogen (secondary N) is 1. The summed E-state index contributed by atoms with van der Waals surface area (Å²) in [6, 6.07) is 19.2. The number of amides is 1. The van der Waals surface area contributed by atoms with Crippen LogP contribution in [0.4, 0.5) is 0 Å². The maximum atomic E-state index is 12.1. The second-order valence-corrected chi connectivity index (χ2v) is 6.50. The normalized spacial score (nSPS) is 10.5. The highest BCUT2D eigenvalue weighted by atomic mass is 16.5. The zero-order valence-electron chi connectivity index (χ0n) is 16.0. The molecule has 6 nitrogen and oxygen atoms in total. The van der Waals surface area contributed by atoms with E-state index < -0.39 is 5.97 Å². The molecule has 0 saturated heterocycles. The minimum Gasteiger partial charge on any atom is -0.464 e. The zero-order valence-corrected chi connectivity index (χ0v) is 16.0. The Morgan fingerprint density at radius 3 is 2.43 bits per heavy atom. The number of carbonyl (C=O) groups excluding carboxylic acids is 2. The van der Waals surface area contributed by atoms with E-state index >= 15 is 0 Å². The summed E-state index contributed by atoms with van der Waals surface area (Å²) >= 11 is 0. The van der Waals surface area contributed by atoms with Gasteiger partial charge >= 0.3 is 5.97 Å². The van der Waals surface area contributed by atoms with E-state index in [2.05, 4.69) is 10.4 Å². The molecule has 0 radical (unpaired) electrons. The van der Waals surface area contributed by atoms with Crippen LogP contribution in [0, 0.1) is 6.92 Å². The molecule has 1 N–H and O–H groups in total. The van der Waals surface area contributed by atoms with Crippen molar-refractivity contribution < 1.29 is 14.3 Å². The molecule has 0 aliphatic rings. The minimum absolute atomic E-state index is 0.0172. The molecule has 1 aromatic heterocycles. The molecule has 28 heavy (non-hydrogen) atoms. The predicted octanol–water partition coefficient (Wildman–Crippen LogP) is 3.22. The average molecular weight is 377 g/mol. The Bertz CT molecular complexity index is 947. The Morgan fingerprint density at radius 1 is 1.04 bits per heavy atom. The van der Waals surface area contributed by atoms with Gasteiger partial charge in [-0.25, -0.2) is 9.48 Å². The standard InChI is InChI=1S/C22H23N3O3/c1-16-14-20(22(27)28-2)25(24-16)19-11-8-18(9-12-19)15-23-21(26)13-10-17-6-4-3-5-7-17/h3-9,11-12,14H,10,13,15H2,1-2H3,(H,23,26).